The average molecular weight is 350 g/mol. The minimum absolute atomic E-state index is 0. The molecule has 26 heavy (non-hydrogen) atoms. The van der Waals surface area contributed by atoms with Crippen LogP contribution in [0.1, 0.15) is 20.0 Å². The summed E-state index contributed by atoms with van der Waals surface area (Å²) in [5.41, 5.74) is 4.62. The lowest BCUT2D eigenvalue weighted by Crippen LogP contribution is -2.42. The first-order valence-electron chi connectivity index (χ1n) is 8.59. The van der Waals surface area contributed by atoms with Crippen LogP contribution in [0.3, 0.4) is 0 Å². The second-order valence-electron chi connectivity index (χ2n) is 7.00. The third-order valence-electron chi connectivity index (χ3n) is 5.72. The molecule has 4 aliphatic rings. The molecule has 5 rings (SSSR count). The minimum atomic E-state index is -0.886. The van der Waals surface area contributed by atoms with E-state index in [1.54, 1.807) is 0 Å². The molecule has 1 aromatic carbocycles. The van der Waals surface area contributed by atoms with Gasteiger partial charge in [0.2, 0.25) is 0 Å². The number of aliphatic carboxylic acids is 1. The Kier molecular flexibility index (Phi) is 3.75. The fourth-order valence-electron chi connectivity index (χ4n) is 4.38. The van der Waals surface area contributed by atoms with E-state index in [9.17, 15) is 9.90 Å². The molecule has 1 aromatic rings. The number of aromatic nitrogens is 2. The minimum Gasteiger partial charge on any atom is -0.497 e. The molecule has 0 saturated heterocycles. The smallest absolute Gasteiger partial charge is 0.334 e. The third kappa shape index (κ3) is 2.23. The summed E-state index contributed by atoms with van der Waals surface area (Å²) in [6, 6.07) is 10.3. The van der Waals surface area contributed by atoms with Gasteiger partial charge in [-0.3, -0.25) is 0 Å². The SMILES string of the molecule is C.CC1OC=C(C(=O)O)C2Cc3c4nc5ccccc5c-4ccn3CC12. The zero-order valence-corrected chi connectivity index (χ0v) is 13.8. The highest BCUT2D eigenvalue weighted by Crippen LogP contribution is 2.42. The van der Waals surface area contributed by atoms with Crippen molar-refractivity contribution in [1.82, 2.24) is 9.55 Å². The molecule has 4 aliphatic heterocycles. The molecule has 0 amide bonds. The molecular weight excluding hydrogens is 328 g/mol. The normalized spacial score (nSPS) is 24.2. The van der Waals surface area contributed by atoms with Crippen molar-refractivity contribution in [2.75, 3.05) is 0 Å². The van der Waals surface area contributed by atoms with Gasteiger partial charge in [0.1, 0.15) is 6.10 Å². The Bertz CT molecular complexity index is 1000. The van der Waals surface area contributed by atoms with Crippen LogP contribution in [0.4, 0.5) is 0 Å². The predicted molar refractivity (Wildman–Crippen MR) is 100 cm³/mol. The van der Waals surface area contributed by atoms with Crippen molar-refractivity contribution in [2.24, 2.45) is 11.8 Å². The van der Waals surface area contributed by atoms with Gasteiger partial charge in [-0.05, 0) is 25.5 Å². The van der Waals surface area contributed by atoms with Crippen LogP contribution < -0.4 is 0 Å². The zero-order chi connectivity index (χ0) is 17.1. The Labute approximate surface area is 152 Å². The fourth-order valence-corrected chi connectivity index (χ4v) is 4.38. The molecule has 0 spiro atoms. The highest BCUT2D eigenvalue weighted by atomic mass is 16.5. The number of carboxylic acid groups (broad SMARTS) is 1. The lowest BCUT2D eigenvalue weighted by Gasteiger charge is -2.40. The maximum absolute atomic E-state index is 11.7. The van der Waals surface area contributed by atoms with E-state index in [1.807, 2.05) is 25.1 Å². The summed E-state index contributed by atoms with van der Waals surface area (Å²) < 4.78 is 7.82. The van der Waals surface area contributed by atoms with Gasteiger partial charge in [-0.1, -0.05) is 25.6 Å². The average Bonchev–Trinajstić information content (AvgIpc) is 3.00. The number of benzene rings is 1. The van der Waals surface area contributed by atoms with Crippen LogP contribution in [0.2, 0.25) is 0 Å². The second kappa shape index (κ2) is 5.87. The largest absolute Gasteiger partial charge is 0.497 e. The molecule has 1 N–H and O–H groups in total. The number of nitrogens with zero attached hydrogens (tertiary/aromatic N) is 2. The molecule has 4 heterocycles. The summed E-state index contributed by atoms with van der Waals surface area (Å²) in [4.78, 5) is 16.5. The zero-order valence-electron chi connectivity index (χ0n) is 13.8. The first-order valence-corrected chi connectivity index (χ1v) is 8.59. The third-order valence-corrected chi connectivity index (χ3v) is 5.72. The van der Waals surface area contributed by atoms with Crippen LogP contribution in [0.25, 0.3) is 22.2 Å². The molecule has 0 radical (unpaired) electrons. The van der Waals surface area contributed by atoms with E-state index in [4.69, 9.17) is 9.72 Å². The number of rotatable bonds is 1. The van der Waals surface area contributed by atoms with Crippen LogP contribution in [0.5, 0.6) is 0 Å². The van der Waals surface area contributed by atoms with Crippen LogP contribution in [-0.4, -0.2) is 26.7 Å². The number of pyridine rings is 1. The summed E-state index contributed by atoms with van der Waals surface area (Å²) in [6.45, 7) is 2.77. The highest BCUT2D eigenvalue weighted by Gasteiger charge is 2.41. The van der Waals surface area contributed by atoms with E-state index in [1.165, 1.54) is 6.26 Å². The molecule has 0 aliphatic carbocycles. The molecule has 0 bridgehead atoms. The Balaban J connectivity index is 0.00000168. The standard InChI is InChI=1S/C20H18N2O3.CH4/c1-11-15-9-22-7-6-13-12-4-2-3-5-17(12)21-19(13)18(22)8-14(15)16(10-25-11)20(23)24;/h2-7,10-11,14-15H,8-9H2,1H3,(H,23,24);1H4. The van der Waals surface area contributed by atoms with Crippen molar-refractivity contribution >= 4 is 16.9 Å². The van der Waals surface area contributed by atoms with E-state index >= 15 is 0 Å². The number of para-hydroxylation sites is 1. The topological polar surface area (TPSA) is 64.3 Å². The molecule has 5 nitrogen and oxygen atoms in total. The van der Waals surface area contributed by atoms with Crippen molar-refractivity contribution < 1.29 is 14.6 Å². The lowest BCUT2D eigenvalue weighted by atomic mass is 9.75. The van der Waals surface area contributed by atoms with Gasteiger partial charge in [-0.2, -0.15) is 0 Å². The molecule has 3 unspecified atom stereocenters. The van der Waals surface area contributed by atoms with E-state index in [0.29, 0.717) is 12.0 Å². The monoisotopic (exact) mass is 350 g/mol. The number of carbonyl (C=O) groups is 1. The summed E-state index contributed by atoms with van der Waals surface area (Å²) in [5, 5.41) is 10.7. The van der Waals surface area contributed by atoms with Crippen molar-refractivity contribution in [3.8, 4) is 11.3 Å². The Morgan fingerprint density at radius 1 is 1.31 bits per heavy atom. The lowest BCUT2D eigenvalue weighted by molar-refractivity contribution is -0.134. The van der Waals surface area contributed by atoms with E-state index in [-0.39, 0.29) is 25.4 Å². The molecule has 134 valence electrons. The Morgan fingerprint density at radius 3 is 2.92 bits per heavy atom. The van der Waals surface area contributed by atoms with Crippen LogP contribution in [0.15, 0.2) is 48.4 Å². The molecule has 0 aromatic heterocycles. The molecular formula is C21H22N2O3. The van der Waals surface area contributed by atoms with Crippen LogP contribution >= 0.6 is 0 Å². The van der Waals surface area contributed by atoms with Crippen molar-refractivity contribution in [3.63, 3.8) is 0 Å². The van der Waals surface area contributed by atoms with Crippen LogP contribution in [-0.2, 0) is 22.5 Å². The summed E-state index contributed by atoms with van der Waals surface area (Å²) in [6.07, 6.45) is 4.24. The molecule has 3 atom stereocenters. The van der Waals surface area contributed by atoms with Gasteiger partial charge in [0.25, 0.3) is 0 Å². The molecule has 0 saturated carbocycles. The Hall–Kier alpha value is -2.82. The van der Waals surface area contributed by atoms with Gasteiger partial charge in [0.15, 0.2) is 0 Å². The second-order valence-corrected chi connectivity index (χ2v) is 7.00. The van der Waals surface area contributed by atoms with Crippen molar-refractivity contribution in [1.29, 1.82) is 0 Å². The summed E-state index contributed by atoms with van der Waals surface area (Å²) in [5.74, 6) is -0.759. The number of hydrogen-bond acceptors (Lipinski definition) is 3. The van der Waals surface area contributed by atoms with E-state index in [2.05, 4.69) is 22.9 Å². The number of carboxylic acids is 1. The van der Waals surface area contributed by atoms with Gasteiger partial charge in [0.05, 0.1) is 23.0 Å². The number of hydrogen-bond donors (Lipinski definition) is 1. The predicted octanol–water partition coefficient (Wildman–Crippen LogP) is 3.95. The van der Waals surface area contributed by atoms with Crippen molar-refractivity contribution in [2.45, 2.75) is 33.4 Å². The Morgan fingerprint density at radius 2 is 2.12 bits per heavy atom. The molecule has 5 heteroatoms. The van der Waals surface area contributed by atoms with Crippen LogP contribution in [0, 0.1) is 11.8 Å². The van der Waals surface area contributed by atoms with Crippen molar-refractivity contribution in [3.05, 3.63) is 54.1 Å². The number of ether oxygens (including phenoxy) is 1. The highest BCUT2D eigenvalue weighted by molar-refractivity contribution is 5.98. The maximum atomic E-state index is 11.7. The summed E-state index contributed by atoms with van der Waals surface area (Å²) >= 11 is 0. The van der Waals surface area contributed by atoms with Gasteiger partial charge >= 0.3 is 5.97 Å². The van der Waals surface area contributed by atoms with Gasteiger partial charge in [0, 0.05) is 41.2 Å². The van der Waals surface area contributed by atoms with Gasteiger partial charge < -0.3 is 14.4 Å². The quantitative estimate of drug-likeness (QED) is 0.722. The van der Waals surface area contributed by atoms with E-state index < -0.39 is 5.97 Å². The summed E-state index contributed by atoms with van der Waals surface area (Å²) in [7, 11) is 0. The maximum Gasteiger partial charge on any atom is 0.334 e. The molecule has 0 fully saturated rings. The first-order chi connectivity index (χ1) is 12.1. The fraction of sp³-hybridized carbons (Fsp3) is 0.333. The first kappa shape index (κ1) is 16.6. The van der Waals surface area contributed by atoms with E-state index in [0.717, 1.165) is 34.4 Å². The van der Waals surface area contributed by atoms with Gasteiger partial charge in [-0.15, -0.1) is 0 Å². The number of fused-ring (bicyclic) bond motifs is 6. The van der Waals surface area contributed by atoms with Gasteiger partial charge in [-0.25, -0.2) is 9.78 Å².